The van der Waals surface area contributed by atoms with Gasteiger partial charge in [0, 0.05) is 26.8 Å². The van der Waals surface area contributed by atoms with E-state index in [9.17, 15) is 4.79 Å². The van der Waals surface area contributed by atoms with Crippen LogP contribution < -0.4 is 15.5 Å². The Morgan fingerprint density at radius 2 is 2.31 bits per heavy atom. The van der Waals surface area contributed by atoms with Gasteiger partial charge in [0.1, 0.15) is 5.82 Å². The number of amides is 1. The van der Waals surface area contributed by atoms with E-state index < -0.39 is 0 Å². The molecule has 1 amide bonds. The summed E-state index contributed by atoms with van der Waals surface area (Å²) in [7, 11) is 3.42. The number of anilines is 2. The number of nitrogens with zero attached hydrogens (tertiary/aromatic N) is 3. The van der Waals surface area contributed by atoms with E-state index in [-0.39, 0.29) is 12.5 Å². The van der Waals surface area contributed by atoms with Crippen molar-refractivity contribution in [2.24, 2.45) is 0 Å². The molecule has 0 aliphatic carbocycles. The zero-order valence-corrected chi connectivity index (χ0v) is 9.82. The van der Waals surface area contributed by atoms with Gasteiger partial charge in [0.2, 0.25) is 11.9 Å². The number of hydrogen-bond donors (Lipinski definition) is 2. The highest BCUT2D eigenvalue weighted by Gasteiger charge is 2.07. The largest absolute Gasteiger partial charge is 0.358 e. The Labute approximate surface area is 95.1 Å². The Morgan fingerprint density at radius 3 is 2.94 bits per heavy atom. The topological polar surface area (TPSA) is 70.2 Å². The van der Waals surface area contributed by atoms with Crippen LogP contribution in [0.1, 0.15) is 6.92 Å². The van der Waals surface area contributed by atoms with E-state index in [0.717, 1.165) is 12.4 Å². The highest BCUT2D eigenvalue weighted by Crippen LogP contribution is 2.09. The van der Waals surface area contributed by atoms with Gasteiger partial charge in [-0.05, 0) is 13.0 Å². The zero-order valence-electron chi connectivity index (χ0n) is 9.82. The van der Waals surface area contributed by atoms with Crippen LogP contribution in [0.15, 0.2) is 12.3 Å². The summed E-state index contributed by atoms with van der Waals surface area (Å²) in [6.07, 6.45) is 1.67. The van der Waals surface area contributed by atoms with E-state index in [1.54, 1.807) is 24.2 Å². The summed E-state index contributed by atoms with van der Waals surface area (Å²) in [5.41, 5.74) is 0. The molecule has 1 aromatic rings. The molecule has 2 N–H and O–H groups in total. The van der Waals surface area contributed by atoms with Crippen LogP contribution in [0.4, 0.5) is 11.8 Å². The summed E-state index contributed by atoms with van der Waals surface area (Å²) in [6, 6.07) is 1.77. The third-order valence-electron chi connectivity index (χ3n) is 2.03. The normalized spacial score (nSPS) is 9.69. The van der Waals surface area contributed by atoms with Crippen molar-refractivity contribution >= 4 is 17.7 Å². The van der Waals surface area contributed by atoms with Gasteiger partial charge in [-0.3, -0.25) is 4.79 Å². The molecule has 1 rings (SSSR count). The number of carbonyl (C=O) groups excluding carboxylic acids is 1. The second-order valence-corrected chi connectivity index (χ2v) is 3.30. The first kappa shape index (κ1) is 12.2. The van der Waals surface area contributed by atoms with Crippen LogP contribution in [0.5, 0.6) is 0 Å². The van der Waals surface area contributed by atoms with Crippen LogP contribution in [-0.4, -0.2) is 43.1 Å². The first-order chi connectivity index (χ1) is 7.67. The Hall–Kier alpha value is -1.85. The molecule has 0 spiro atoms. The number of rotatable bonds is 5. The minimum Gasteiger partial charge on any atom is -0.358 e. The number of nitrogens with one attached hydrogen (secondary N) is 2. The predicted molar refractivity (Wildman–Crippen MR) is 63.5 cm³/mol. The van der Waals surface area contributed by atoms with Crippen molar-refractivity contribution in [2.45, 2.75) is 6.92 Å². The Bertz CT molecular complexity index is 355. The quantitative estimate of drug-likeness (QED) is 0.740. The Balaban J connectivity index is 2.71. The number of aromatic nitrogens is 2. The summed E-state index contributed by atoms with van der Waals surface area (Å²) < 4.78 is 0. The molecule has 1 heterocycles. The molecular weight excluding hydrogens is 206 g/mol. The fraction of sp³-hybridized carbons (Fsp3) is 0.500. The molecule has 0 fully saturated rings. The van der Waals surface area contributed by atoms with Crippen LogP contribution in [0, 0.1) is 0 Å². The Morgan fingerprint density at radius 1 is 1.56 bits per heavy atom. The first-order valence-corrected chi connectivity index (χ1v) is 5.16. The molecule has 0 aliphatic rings. The molecule has 16 heavy (non-hydrogen) atoms. The third-order valence-corrected chi connectivity index (χ3v) is 2.03. The van der Waals surface area contributed by atoms with Gasteiger partial charge in [0.25, 0.3) is 0 Å². The van der Waals surface area contributed by atoms with Gasteiger partial charge in [-0.2, -0.15) is 4.98 Å². The van der Waals surface area contributed by atoms with Crippen molar-refractivity contribution in [1.82, 2.24) is 15.3 Å². The summed E-state index contributed by atoms with van der Waals surface area (Å²) in [5, 5.41) is 5.59. The van der Waals surface area contributed by atoms with Crippen molar-refractivity contribution < 1.29 is 4.79 Å². The maximum absolute atomic E-state index is 11.2. The summed E-state index contributed by atoms with van der Waals surface area (Å²) in [5.74, 6) is 1.24. The van der Waals surface area contributed by atoms with Gasteiger partial charge in [-0.1, -0.05) is 0 Å². The van der Waals surface area contributed by atoms with Crippen LogP contribution in [0.25, 0.3) is 0 Å². The van der Waals surface area contributed by atoms with E-state index >= 15 is 0 Å². The van der Waals surface area contributed by atoms with Crippen molar-refractivity contribution in [3.63, 3.8) is 0 Å². The lowest BCUT2D eigenvalue weighted by molar-refractivity contribution is -0.119. The van der Waals surface area contributed by atoms with Gasteiger partial charge >= 0.3 is 0 Å². The molecule has 6 nitrogen and oxygen atoms in total. The molecule has 0 aromatic carbocycles. The second-order valence-electron chi connectivity index (χ2n) is 3.30. The average Bonchev–Trinajstić information content (AvgIpc) is 2.29. The molecule has 1 aromatic heterocycles. The van der Waals surface area contributed by atoms with Crippen molar-refractivity contribution in [3.05, 3.63) is 12.3 Å². The average molecular weight is 223 g/mol. The van der Waals surface area contributed by atoms with E-state index in [1.807, 2.05) is 14.0 Å². The lowest BCUT2D eigenvalue weighted by Crippen LogP contribution is -2.33. The monoisotopic (exact) mass is 223 g/mol. The summed E-state index contributed by atoms with van der Waals surface area (Å²) in [6.45, 7) is 3.02. The van der Waals surface area contributed by atoms with E-state index in [2.05, 4.69) is 20.6 Å². The molecule has 6 heteroatoms. The molecule has 0 atom stereocenters. The van der Waals surface area contributed by atoms with Crippen molar-refractivity contribution in [1.29, 1.82) is 0 Å². The van der Waals surface area contributed by atoms with Crippen LogP contribution in [0.2, 0.25) is 0 Å². The number of carbonyl (C=O) groups is 1. The van der Waals surface area contributed by atoms with Gasteiger partial charge in [-0.25, -0.2) is 4.98 Å². The molecule has 88 valence electrons. The van der Waals surface area contributed by atoms with Gasteiger partial charge in [0.05, 0.1) is 6.54 Å². The third kappa shape index (κ3) is 3.38. The minimum absolute atomic E-state index is 0.0499. The molecule has 0 saturated heterocycles. The summed E-state index contributed by atoms with van der Waals surface area (Å²) in [4.78, 5) is 21.3. The standard InChI is InChI=1S/C10H17N5O/c1-4-12-10-13-6-5-8(14-10)15(3)7-9(16)11-2/h5-6H,4,7H2,1-3H3,(H,11,16)(H,12,13,14). The number of hydrogen-bond acceptors (Lipinski definition) is 5. The molecule has 0 saturated carbocycles. The SMILES string of the molecule is CCNc1nccc(N(C)CC(=O)NC)n1. The lowest BCUT2D eigenvalue weighted by atomic mass is 10.4. The van der Waals surface area contributed by atoms with Crippen LogP contribution in [0.3, 0.4) is 0 Å². The maximum atomic E-state index is 11.2. The maximum Gasteiger partial charge on any atom is 0.239 e. The summed E-state index contributed by atoms with van der Waals surface area (Å²) >= 11 is 0. The predicted octanol–water partition coefficient (Wildman–Crippen LogP) is 0.0906. The minimum atomic E-state index is -0.0499. The molecular formula is C10H17N5O. The Kier molecular flexibility index (Phi) is 4.50. The smallest absolute Gasteiger partial charge is 0.239 e. The zero-order chi connectivity index (χ0) is 12.0. The van der Waals surface area contributed by atoms with Crippen LogP contribution in [-0.2, 0) is 4.79 Å². The van der Waals surface area contributed by atoms with Crippen molar-refractivity contribution in [2.75, 3.05) is 37.4 Å². The van der Waals surface area contributed by atoms with Crippen molar-refractivity contribution in [3.8, 4) is 0 Å². The first-order valence-electron chi connectivity index (χ1n) is 5.16. The molecule has 0 bridgehead atoms. The molecule has 0 unspecified atom stereocenters. The second kappa shape index (κ2) is 5.89. The highest BCUT2D eigenvalue weighted by atomic mass is 16.1. The molecule has 0 aliphatic heterocycles. The van der Waals surface area contributed by atoms with Gasteiger partial charge in [0.15, 0.2) is 0 Å². The van der Waals surface area contributed by atoms with E-state index in [1.165, 1.54) is 0 Å². The van der Waals surface area contributed by atoms with E-state index in [0.29, 0.717) is 5.95 Å². The molecule has 0 radical (unpaired) electrons. The highest BCUT2D eigenvalue weighted by molar-refractivity contribution is 5.80. The fourth-order valence-corrected chi connectivity index (χ4v) is 1.18. The van der Waals surface area contributed by atoms with Gasteiger partial charge < -0.3 is 15.5 Å². The number of likely N-dealkylation sites (N-methyl/N-ethyl adjacent to an activating group) is 2. The van der Waals surface area contributed by atoms with E-state index in [4.69, 9.17) is 0 Å². The van der Waals surface area contributed by atoms with Crippen LogP contribution >= 0.6 is 0 Å². The van der Waals surface area contributed by atoms with Gasteiger partial charge in [-0.15, -0.1) is 0 Å². The fourth-order valence-electron chi connectivity index (χ4n) is 1.18. The lowest BCUT2D eigenvalue weighted by Gasteiger charge is -2.17.